The number of fused-ring (bicyclic) bond motifs is 1. The van der Waals surface area contributed by atoms with Gasteiger partial charge in [0.25, 0.3) is 0 Å². The molecule has 1 aromatic heterocycles. The van der Waals surface area contributed by atoms with Crippen molar-refractivity contribution in [3.05, 3.63) is 71.4 Å². The summed E-state index contributed by atoms with van der Waals surface area (Å²) in [6, 6.07) is 15.4. The monoisotopic (exact) mass is 426 g/mol. The molecule has 7 nitrogen and oxygen atoms in total. The Morgan fingerprint density at radius 1 is 1.03 bits per heavy atom. The van der Waals surface area contributed by atoms with Crippen LogP contribution in [0.5, 0.6) is 0 Å². The third kappa shape index (κ3) is 4.11. The average Bonchev–Trinajstić information content (AvgIpc) is 3.36. The van der Waals surface area contributed by atoms with Crippen LogP contribution in [-0.4, -0.2) is 42.6 Å². The number of rotatable bonds is 8. The molecule has 0 saturated carbocycles. The lowest BCUT2D eigenvalue weighted by atomic mass is 10.2. The van der Waals surface area contributed by atoms with Crippen molar-refractivity contribution in [2.24, 2.45) is 0 Å². The highest BCUT2D eigenvalue weighted by Gasteiger charge is 2.26. The van der Waals surface area contributed by atoms with Gasteiger partial charge in [0.2, 0.25) is 21.8 Å². The van der Waals surface area contributed by atoms with Gasteiger partial charge in [-0.15, -0.1) is 10.2 Å². The Balaban J connectivity index is 1.48. The molecule has 2 heterocycles. The van der Waals surface area contributed by atoms with E-state index in [1.54, 1.807) is 12.1 Å². The zero-order valence-electron chi connectivity index (χ0n) is 17.3. The minimum atomic E-state index is -3.45. The molecular weight excluding hydrogens is 400 g/mol. The summed E-state index contributed by atoms with van der Waals surface area (Å²) in [7, 11) is -3.45. The van der Waals surface area contributed by atoms with Gasteiger partial charge in [0.15, 0.2) is 0 Å². The summed E-state index contributed by atoms with van der Waals surface area (Å²) in [5.41, 5.74) is 3.18. The Labute approximate surface area is 177 Å². The highest BCUT2D eigenvalue weighted by atomic mass is 32.2. The van der Waals surface area contributed by atoms with Crippen molar-refractivity contribution < 1.29 is 12.8 Å². The van der Waals surface area contributed by atoms with Gasteiger partial charge in [-0.05, 0) is 35.7 Å². The Hall–Kier alpha value is -2.71. The van der Waals surface area contributed by atoms with Gasteiger partial charge in [-0.2, -0.15) is 4.31 Å². The highest BCUT2D eigenvalue weighted by molar-refractivity contribution is 7.89. The molecule has 0 unspecified atom stereocenters. The topological polar surface area (TPSA) is 79.5 Å². The van der Waals surface area contributed by atoms with Gasteiger partial charge < -0.3 is 9.32 Å². The number of sulfonamides is 1. The van der Waals surface area contributed by atoms with Crippen LogP contribution in [0.15, 0.2) is 57.8 Å². The number of hydrogen-bond acceptors (Lipinski definition) is 6. The third-order valence-electron chi connectivity index (χ3n) is 5.42. The fraction of sp³-hybridized carbons (Fsp3) is 0.364. The van der Waals surface area contributed by atoms with Crippen LogP contribution in [0.3, 0.4) is 0 Å². The largest absolute Gasteiger partial charge is 0.423 e. The molecule has 0 N–H and O–H groups in total. The molecule has 3 aromatic rings. The van der Waals surface area contributed by atoms with E-state index in [-0.39, 0.29) is 0 Å². The summed E-state index contributed by atoms with van der Waals surface area (Å²) < 4.78 is 32.9. The maximum Gasteiger partial charge on any atom is 0.243 e. The minimum absolute atomic E-state index is 0.356. The molecule has 1 aliphatic heterocycles. The molecule has 30 heavy (non-hydrogen) atoms. The Bertz CT molecular complexity index is 1110. The quantitative estimate of drug-likeness (QED) is 0.550. The third-order valence-corrected chi connectivity index (χ3v) is 7.46. The molecule has 8 heteroatoms. The zero-order valence-corrected chi connectivity index (χ0v) is 18.1. The van der Waals surface area contributed by atoms with Crippen LogP contribution in [0.4, 0.5) is 5.69 Å². The predicted octanol–water partition coefficient (Wildman–Crippen LogP) is 3.25. The fourth-order valence-corrected chi connectivity index (χ4v) is 5.35. The van der Waals surface area contributed by atoms with Gasteiger partial charge >= 0.3 is 0 Å². The standard InChI is InChI=1S/C22H26N4O3S/c1-3-26(4-2)30(27,28)19-10-11-20-18(15-19)12-13-25(20)16-22-24-23-21(29-22)14-17-8-6-5-7-9-17/h5-11,15H,3-4,12-14,16H2,1-2H3. The molecule has 0 amide bonds. The first-order valence-corrected chi connectivity index (χ1v) is 11.7. The van der Waals surface area contributed by atoms with E-state index < -0.39 is 10.0 Å². The number of nitrogens with zero attached hydrogens (tertiary/aromatic N) is 4. The van der Waals surface area contributed by atoms with Crippen molar-refractivity contribution in [2.45, 2.75) is 38.1 Å². The normalized spacial score (nSPS) is 13.8. The zero-order chi connectivity index (χ0) is 21.1. The summed E-state index contributed by atoms with van der Waals surface area (Å²) in [5.74, 6) is 1.16. The van der Waals surface area contributed by atoms with Gasteiger partial charge in [0.1, 0.15) is 0 Å². The molecule has 2 aromatic carbocycles. The van der Waals surface area contributed by atoms with E-state index in [0.29, 0.717) is 42.7 Å². The minimum Gasteiger partial charge on any atom is -0.423 e. The van der Waals surface area contributed by atoms with Crippen molar-refractivity contribution in [3.8, 4) is 0 Å². The van der Waals surface area contributed by atoms with E-state index in [1.807, 2.05) is 50.2 Å². The second-order valence-corrected chi connectivity index (χ2v) is 9.24. The predicted molar refractivity (Wildman–Crippen MR) is 115 cm³/mol. The molecule has 0 saturated heterocycles. The molecule has 0 bridgehead atoms. The lowest BCUT2D eigenvalue weighted by Gasteiger charge is -2.20. The molecular formula is C22H26N4O3S. The number of anilines is 1. The van der Waals surface area contributed by atoms with Crippen molar-refractivity contribution in [2.75, 3.05) is 24.5 Å². The van der Waals surface area contributed by atoms with E-state index >= 15 is 0 Å². The van der Waals surface area contributed by atoms with E-state index in [9.17, 15) is 8.42 Å². The van der Waals surface area contributed by atoms with Crippen molar-refractivity contribution in [1.29, 1.82) is 0 Å². The van der Waals surface area contributed by atoms with Crippen LogP contribution in [0, 0.1) is 0 Å². The summed E-state index contributed by atoms with van der Waals surface area (Å²) >= 11 is 0. The van der Waals surface area contributed by atoms with Crippen LogP contribution in [0.1, 0.15) is 36.8 Å². The van der Waals surface area contributed by atoms with Crippen LogP contribution in [-0.2, 0) is 29.4 Å². The van der Waals surface area contributed by atoms with Crippen LogP contribution in [0.2, 0.25) is 0 Å². The smallest absolute Gasteiger partial charge is 0.243 e. The fourth-order valence-electron chi connectivity index (χ4n) is 3.84. The lowest BCUT2D eigenvalue weighted by Crippen LogP contribution is -2.30. The lowest BCUT2D eigenvalue weighted by molar-refractivity contribution is 0.445. The molecule has 4 rings (SSSR count). The summed E-state index contributed by atoms with van der Waals surface area (Å²) in [5, 5.41) is 8.36. The van der Waals surface area contributed by atoms with Gasteiger partial charge in [0, 0.05) is 25.3 Å². The van der Waals surface area contributed by atoms with Gasteiger partial charge in [-0.1, -0.05) is 44.2 Å². The van der Waals surface area contributed by atoms with Crippen LogP contribution in [0.25, 0.3) is 0 Å². The second kappa shape index (κ2) is 8.57. The van der Waals surface area contributed by atoms with Gasteiger partial charge in [0.05, 0.1) is 17.9 Å². The number of aromatic nitrogens is 2. The molecule has 158 valence electrons. The first-order chi connectivity index (χ1) is 14.5. The maximum atomic E-state index is 12.8. The summed E-state index contributed by atoms with van der Waals surface area (Å²) in [6.45, 7) is 5.94. The van der Waals surface area contributed by atoms with Crippen LogP contribution >= 0.6 is 0 Å². The second-order valence-electron chi connectivity index (χ2n) is 7.30. The van der Waals surface area contributed by atoms with Crippen molar-refractivity contribution >= 4 is 15.7 Å². The molecule has 0 aliphatic carbocycles. The van der Waals surface area contributed by atoms with E-state index in [1.165, 1.54) is 4.31 Å². The molecule has 1 aliphatic rings. The van der Waals surface area contributed by atoms with E-state index in [4.69, 9.17) is 4.42 Å². The van der Waals surface area contributed by atoms with Crippen molar-refractivity contribution in [1.82, 2.24) is 14.5 Å². The first-order valence-electron chi connectivity index (χ1n) is 10.2. The maximum absolute atomic E-state index is 12.8. The molecule has 0 fully saturated rings. The average molecular weight is 427 g/mol. The molecule has 0 radical (unpaired) electrons. The van der Waals surface area contributed by atoms with E-state index in [0.717, 1.165) is 29.8 Å². The number of hydrogen-bond donors (Lipinski definition) is 0. The summed E-state index contributed by atoms with van der Waals surface area (Å²) in [4.78, 5) is 2.51. The van der Waals surface area contributed by atoms with Gasteiger partial charge in [-0.25, -0.2) is 8.42 Å². The highest BCUT2D eigenvalue weighted by Crippen LogP contribution is 2.32. The summed E-state index contributed by atoms with van der Waals surface area (Å²) in [6.07, 6.45) is 1.40. The molecule has 0 spiro atoms. The Morgan fingerprint density at radius 3 is 2.50 bits per heavy atom. The number of benzene rings is 2. The van der Waals surface area contributed by atoms with Crippen LogP contribution < -0.4 is 4.90 Å². The van der Waals surface area contributed by atoms with Crippen molar-refractivity contribution in [3.63, 3.8) is 0 Å². The molecule has 0 atom stereocenters. The SMILES string of the molecule is CCN(CC)S(=O)(=O)c1ccc2c(c1)CCN2Cc1nnc(Cc2ccccc2)o1. The first kappa shape index (κ1) is 20.6. The Morgan fingerprint density at radius 2 is 1.77 bits per heavy atom. The Kier molecular flexibility index (Phi) is 5.87. The van der Waals surface area contributed by atoms with Gasteiger partial charge in [-0.3, -0.25) is 0 Å². The van der Waals surface area contributed by atoms with E-state index in [2.05, 4.69) is 15.1 Å².